The second-order valence-corrected chi connectivity index (χ2v) is 4.93. The van der Waals surface area contributed by atoms with Gasteiger partial charge in [-0.1, -0.05) is 0 Å². The van der Waals surface area contributed by atoms with E-state index in [9.17, 15) is 40.5 Å². The number of rotatable bonds is 4. The SMILES string of the molecule is O=[N+]([O-])c1cc([N+](=O)[O-])c2[nH]c3cc([N+](=O)[O-])c([N+](=O)[O-])cc3c2c1. The van der Waals surface area contributed by atoms with Crippen LogP contribution in [0.3, 0.4) is 0 Å². The molecule has 25 heavy (non-hydrogen) atoms. The molecule has 0 saturated heterocycles. The summed E-state index contributed by atoms with van der Waals surface area (Å²) < 4.78 is 0. The summed E-state index contributed by atoms with van der Waals surface area (Å²) in [5, 5.41) is 44.2. The number of hydrogen-bond acceptors (Lipinski definition) is 8. The van der Waals surface area contributed by atoms with E-state index in [1.54, 1.807) is 0 Å². The van der Waals surface area contributed by atoms with Gasteiger partial charge >= 0.3 is 11.4 Å². The first-order valence-corrected chi connectivity index (χ1v) is 6.41. The van der Waals surface area contributed by atoms with Crippen molar-refractivity contribution in [2.45, 2.75) is 0 Å². The van der Waals surface area contributed by atoms with Gasteiger partial charge in [-0.05, 0) is 0 Å². The van der Waals surface area contributed by atoms with Crippen molar-refractivity contribution in [2.24, 2.45) is 0 Å². The topological polar surface area (TPSA) is 188 Å². The molecule has 0 aliphatic rings. The largest absolute Gasteiger partial charge is 0.349 e. The normalized spacial score (nSPS) is 10.9. The molecule has 3 rings (SSSR count). The minimum absolute atomic E-state index is 0.0101. The van der Waals surface area contributed by atoms with Gasteiger partial charge in [-0.2, -0.15) is 0 Å². The van der Waals surface area contributed by atoms with Crippen LogP contribution in [0, 0.1) is 40.5 Å². The predicted octanol–water partition coefficient (Wildman–Crippen LogP) is 2.95. The lowest BCUT2D eigenvalue weighted by Gasteiger charge is -1.97. The number of hydrogen-bond donors (Lipinski definition) is 1. The Morgan fingerprint density at radius 1 is 0.640 bits per heavy atom. The third kappa shape index (κ3) is 2.35. The van der Waals surface area contributed by atoms with E-state index in [1.165, 1.54) is 0 Å². The molecule has 0 amide bonds. The van der Waals surface area contributed by atoms with E-state index >= 15 is 0 Å². The molecule has 0 fully saturated rings. The monoisotopic (exact) mass is 347 g/mol. The van der Waals surface area contributed by atoms with Crippen molar-refractivity contribution in [3.05, 3.63) is 64.7 Å². The number of nitro benzene ring substituents is 4. The summed E-state index contributed by atoms with van der Waals surface area (Å²) in [4.78, 5) is 43.1. The Hall–Kier alpha value is -4.16. The molecule has 0 bridgehead atoms. The highest BCUT2D eigenvalue weighted by Crippen LogP contribution is 2.39. The smallest absolute Gasteiger partial charge is 0.348 e. The standard InChI is InChI=1S/C12H5N5O8/c18-14(19)5-1-7-6-3-9(15(20)21)10(16(22)23)4-8(6)13-12(7)11(2-5)17(24)25/h1-4,13H. The molecule has 0 aliphatic heterocycles. The van der Waals surface area contributed by atoms with Crippen LogP contribution in [0.5, 0.6) is 0 Å². The van der Waals surface area contributed by atoms with Crippen molar-refractivity contribution in [1.82, 2.24) is 4.98 Å². The van der Waals surface area contributed by atoms with Gasteiger partial charge in [0.25, 0.3) is 11.4 Å². The van der Waals surface area contributed by atoms with Gasteiger partial charge in [0.1, 0.15) is 5.52 Å². The van der Waals surface area contributed by atoms with E-state index < -0.39 is 42.4 Å². The summed E-state index contributed by atoms with van der Waals surface area (Å²) in [6.45, 7) is 0. The van der Waals surface area contributed by atoms with E-state index in [0.717, 1.165) is 24.3 Å². The molecule has 0 unspecified atom stereocenters. The van der Waals surface area contributed by atoms with Crippen LogP contribution in [0.4, 0.5) is 22.7 Å². The summed E-state index contributed by atoms with van der Waals surface area (Å²) in [7, 11) is 0. The first-order valence-electron chi connectivity index (χ1n) is 6.41. The van der Waals surface area contributed by atoms with E-state index in [2.05, 4.69) is 4.98 Å². The number of benzene rings is 2. The van der Waals surface area contributed by atoms with E-state index in [4.69, 9.17) is 0 Å². The number of non-ortho nitro benzene ring substituents is 2. The van der Waals surface area contributed by atoms with Crippen LogP contribution >= 0.6 is 0 Å². The Balaban J connectivity index is 2.51. The minimum Gasteiger partial charge on any atom is -0.349 e. The number of nitro groups is 4. The molecule has 0 aliphatic carbocycles. The molecule has 1 aromatic heterocycles. The maximum absolute atomic E-state index is 11.2. The molecule has 13 nitrogen and oxygen atoms in total. The summed E-state index contributed by atoms with van der Waals surface area (Å²) >= 11 is 0. The van der Waals surface area contributed by atoms with Gasteiger partial charge in [-0.15, -0.1) is 0 Å². The lowest BCUT2D eigenvalue weighted by molar-refractivity contribution is -0.422. The molecule has 0 radical (unpaired) electrons. The van der Waals surface area contributed by atoms with Gasteiger partial charge in [-0.25, -0.2) is 0 Å². The summed E-state index contributed by atoms with van der Waals surface area (Å²) in [6.07, 6.45) is 0. The lowest BCUT2D eigenvalue weighted by Crippen LogP contribution is -1.96. The summed E-state index contributed by atoms with van der Waals surface area (Å²) in [5.74, 6) is 0. The highest BCUT2D eigenvalue weighted by atomic mass is 16.6. The number of fused-ring (bicyclic) bond motifs is 3. The molecule has 0 spiro atoms. The fraction of sp³-hybridized carbons (Fsp3) is 0. The van der Waals surface area contributed by atoms with Crippen molar-refractivity contribution in [2.75, 3.05) is 0 Å². The van der Waals surface area contributed by atoms with Crippen LogP contribution in [-0.4, -0.2) is 24.7 Å². The molecule has 0 atom stereocenters. The van der Waals surface area contributed by atoms with Gasteiger partial charge in [0.15, 0.2) is 0 Å². The number of nitrogens with zero attached hydrogens (tertiary/aromatic N) is 4. The fourth-order valence-electron chi connectivity index (χ4n) is 2.54. The summed E-state index contributed by atoms with van der Waals surface area (Å²) in [6, 6.07) is 3.47. The van der Waals surface area contributed by atoms with Gasteiger partial charge in [-0.3, -0.25) is 40.5 Å². The molecule has 0 saturated carbocycles. The van der Waals surface area contributed by atoms with Crippen molar-refractivity contribution < 1.29 is 19.7 Å². The zero-order valence-corrected chi connectivity index (χ0v) is 11.9. The van der Waals surface area contributed by atoms with Crippen LogP contribution in [0.15, 0.2) is 24.3 Å². The van der Waals surface area contributed by atoms with Gasteiger partial charge < -0.3 is 4.98 Å². The number of aromatic amines is 1. The predicted molar refractivity (Wildman–Crippen MR) is 82.4 cm³/mol. The number of nitrogens with one attached hydrogen (secondary N) is 1. The molecule has 1 N–H and O–H groups in total. The zero-order chi connectivity index (χ0) is 18.5. The molecule has 1 heterocycles. The molecular weight excluding hydrogens is 342 g/mol. The third-order valence-electron chi connectivity index (χ3n) is 3.57. The van der Waals surface area contributed by atoms with Crippen molar-refractivity contribution in [3.8, 4) is 0 Å². The van der Waals surface area contributed by atoms with Crippen LogP contribution in [0.1, 0.15) is 0 Å². The Labute approximate surface area is 135 Å². The minimum atomic E-state index is -0.970. The second-order valence-electron chi connectivity index (χ2n) is 4.93. The second kappa shape index (κ2) is 5.19. The average Bonchev–Trinajstić information content (AvgIpc) is 2.89. The Morgan fingerprint density at radius 2 is 1.20 bits per heavy atom. The van der Waals surface area contributed by atoms with Crippen molar-refractivity contribution >= 4 is 44.6 Å². The number of H-pyrrole nitrogens is 1. The molecular formula is C12H5N5O8. The Kier molecular flexibility index (Phi) is 3.26. The molecule has 13 heteroatoms. The van der Waals surface area contributed by atoms with E-state index in [0.29, 0.717) is 0 Å². The average molecular weight is 347 g/mol. The van der Waals surface area contributed by atoms with Crippen LogP contribution in [0.2, 0.25) is 0 Å². The van der Waals surface area contributed by atoms with Crippen LogP contribution < -0.4 is 0 Å². The van der Waals surface area contributed by atoms with Gasteiger partial charge in [0.2, 0.25) is 0 Å². The highest BCUT2D eigenvalue weighted by molar-refractivity contribution is 6.12. The maximum Gasteiger partial charge on any atom is 0.348 e. The zero-order valence-electron chi connectivity index (χ0n) is 11.9. The number of aromatic nitrogens is 1. The van der Waals surface area contributed by atoms with Crippen LogP contribution in [-0.2, 0) is 0 Å². The summed E-state index contributed by atoms with van der Waals surface area (Å²) in [5.41, 5.74) is -2.95. The van der Waals surface area contributed by atoms with Crippen molar-refractivity contribution in [3.63, 3.8) is 0 Å². The van der Waals surface area contributed by atoms with Gasteiger partial charge in [0.05, 0.1) is 31.3 Å². The quantitative estimate of drug-likeness (QED) is 0.550. The maximum atomic E-state index is 11.2. The lowest BCUT2D eigenvalue weighted by atomic mass is 10.1. The van der Waals surface area contributed by atoms with E-state index in [1.807, 2.05) is 0 Å². The van der Waals surface area contributed by atoms with Crippen molar-refractivity contribution in [1.29, 1.82) is 0 Å². The third-order valence-corrected chi connectivity index (χ3v) is 3.57. The molecule has 126 valence electrons. The van der Waals surface area contributed by atoms with Gasteiger partial charge in [0, 0.05) is 29.0 Å². The Morgan fingerprint density at radius 3 is 1.72 bits per heavy atom. The fourth-order valence-corrected chi connectivity index (χ4v) is 2.54. The highest BCUT2D eigenvalue weighted by Gasteiger charge is 2.29. The molecule has 3 aromatic rings. The first-order chi connectivity index (χ1) is 11.7. The molecule has 2 aromatic carbocycles. The van der Waals surface area contributed by atoms with E-state index in [-0.39, 0.29) is 21.8 Å². The first kappa shape index (κ1) is 15.7. The van der Waals surface area contributed by atoms with Crippen LogP contribution in [0.25, 0.3) is 21.8 Å². The Bertz CT molecular complexity index is 1120.